The Labute approximate surface area is 108 Å². The lowest BCUT2D eigenvalue weighted by Gasteiger charge is -2.38. The van der Waals surface area contributed by atoms with Crippen molar-refractivity contribution in [2.45, 2.75) is 25.3 Å². The monoisotopic (exact) mass is 253 g/mol. The quantitative estimate of drug-likeness (QED) is 0.620. The zero-order valence-corrected chi connectivity index (χ0v) is 10.8. The third-order valence-corrected chi connectivity index (χ3v) is 4.71. The predicted octanol–water partition coefficient (Wildman–Crippen LogP) is -0.519. The summed E-state index contributed by atoms with van der Waals surface area (Å²) in [5.41, 5.74) is -0.302. The second kappa shape index (κ2) is 5.15. The summed E-state index contributed by atoms with van der Waals surface area (Å²) in [6.07, 6.45) is 3.09. The molecule has 3 N–H and O–H groups in total. The summed E-state index contributed by atoms with van der Waals surface area (Å²) < 4.78 is 5.58. The Morgan fingerprint density at radius 3 is 2.89 bits per heavy atom. The van der Waals surface area contributed by atoms with E-state index in [1.165, 1.54) is 0 Å². The minimum absolute atomic E-state index is 0.212. The number of ether oxygens (including phenoxy) is 1. The van der Waals surface area contributed by atoms with E-state index in [4.69, 9.17) is 4.74 Å². The number of carbonyl (C=O) groups is 1. The summed E-state index contributed by atoms with van der Waals surface area (Å²) in [6.45, 7) is 5.14. The van der Waals surface area contributed by atoms with Crippen molar-refractivity contribution in [3.63, 3.8) is 0 Å². The molecule has 0 aromatic rings. The fourth-order valence-electron chi connectivity index (χ4n) is 3.46. The first-order valence-electron chi connectivity index (χ1n) is 7.11. The highest BCUT2D eigenvalue weighted by Gasteiger charge is 2.51. The van der Waals surface area contributed by atoms with Crippen molar-refractivity contribution in [2.24, 2.45) is 11.3 Å². The molecule has 102 valence electrons. The SMILES string of the molecule is O=C(NC1CCNCC1)[C@]12CNC[C@H]1CCOC2. The van der Waals surface area contributed by atoms with Crippen molar-refractivity contribution in [3.05, 3.63) is 0 Å². The Hall–Kier alpha value is -0.650. The molecule has 0 bridgehead atoms. The molecular formula is C13H23N3O2. The van der Waals surface area contributed by atoms with Gasteiger partial charge in [-0.1, -0.05) is 0 Å². The number of hydrogen-bond donors (Lipinski definition) is 3. The summed E-state index contributed by atoms with van der Waals surface area (Å²) in [5.74, 6) is 0.664. The normalized spacial score (nSPS) is 37.2. The number of fused-ring (bicyclic) bond motifs is 1. The smallest absolute Gasteiger partial charge is 0.230 e. The van der Waals surface area contributed by atoms with Crippen LogP contribution in [-0.4, -0.2) is 51.3 Å². The van der Waals surface area contributed by atoms with E-state index in [0.29, 0.717) is 18.6 Å². The van der Waals surface area contributed by atoms with Crippen LogP contribution in [0.2, 0.25) is 0 Å². The fourth-order valence-corrected chi connectivity index (χ4v) is 3.46. The van der Waals surface area contributed by atoms with Crippen LogP contribution in [0, 0.1) is 11.3 Å². The summed E-state index contributed by atoms with van der Waals surface area (Å²) in [5, 5.41) is 9.95. The molecule has 3 aliphatic heterocycles. The van der Waals surface area contributed by atoms with Gasteiger partial charge in [-0.3, -0.25) is 4.79 Å². The van der Waals surface area contributed by atoms with Gasteiger partial charge in [0.2, 0.25) is 5.91 Å². The molecule has 1 amide bonds. The molecule has 0 aliphatic carbocycles. The van der Waals surface area contributed by atoms with Crippen molar-refractivity contribution in [3.8, 4) is 0 Å². The Morgan fingerprint density at radius 2 is 2.06 bits per heavy atom. The van der Waals surface area contributed by atoms with Gasteiger partial charge in [-0.05, 0) is 44.8 Å². The summed E-state index contributed by atoms with van der Waals surface area (Å²) in [4.78, 5) is 12.6. The highest BCUT2D eigenvalue weighted by Crippen LogP contribution is 2.38. The van der Waals surface area contributed by atoms with Crippen LogP contribution >= 0.6 is 0 Å². The van der Waals surface area contributed by atoms with Crippen LogP contribution in [0.5, 0.6) is 0 Å². The Balaban J connectivity index is 1.66. The van der Waals surface area contributed by atoms with Crippen LogP contribution in [0.4, 0.5) is 0 Å². The number of amides is 1. The van der Waals surface area contributed by atoms with E-state index >= 15 is 0 Å². The molecule has 3 heterocycles. The van der Waals surface area contributed by atoms with Crippen LogP contribution in [0.25, 0.3) is 0 Å². The minimum atomic E-state index is -0.302. The molecule has 0 aromatic carbocycles. The number of rotatable bonds is 2. The molecule has 0 unspecified atom stereocenters. The molecule has 5 heteroatoms. The van der Waals surface area contributed by atoms with E-state index in [9.17, 15) is 4.79 Å². The molecule has 5 nitrogen and oxygen atoms in total. The third-order valence-electron chi connectivity index (χ3n) is 4.71. The molecule has 0 aromatic heterocycles. The van der Waals surface area contributed by atoms with Gasteiger partial charge in [0.1, 0.15) is 0 Å². The molecule has 0 saturated carbocycles. The largest absolute Gasteiger partial charge is 0.380 e. The highest BCUT2D eigenvalue weighted by atomic mass is 16.5. The second-order valence-corrected chi connectivity index (χ2v) is 5.82. The number of carbonyl (C=O) groups excluding carboxylic acids is 1. The molecule has 0 radical (unpaired) electrons. The predicted molar refractivity (Wildman–Crippen MR) is 68.3 cm³/mol. The van der Waals surface area contributed by atoms with Gasteiger partial charge in [0.15, 0.2) is 0 Å². The Bertz CT molecular complexity index is 317. The topological polar surface area (TPSA) is 62.4 Å². The average molecular weight is 253 g/mol. The molecule has 0 spiro atoms. The van der Waals surface area contributed by atoms with E-state index in [1.54, 1.807) is 0 Å². The first-order valence-corrected chi connectivity index (χ1v) is 7.11. The summed E-state index contributed by atoms with van der Waals surface area (Å²) >= 11 is 0. The molecule has 18 heavy (non-hydrogen) atoms. The van der Waals surface area contributed by atoms with Gasteiger partial charge in [0, 0.05) is 19.2 Å². The van der Waals surface area contributed by atoms with Gasteiger partial charge < -0.3 is 20.7 Å². The lowest BCUT2D eigenvalue weighted by atomic mass is 9.74. The van der Waals surface area contributed by atoms with E-state index in [-0.39, 0.29) is 11.3 Å². The van der Waals surface area contributed by atoms with E-state index < -0.39 is 0 Å². The lowest BCUT2D eigenvalue weighted by molar-refractivity contribution is -0.142. The maximum Gasteiger partial charge on any atom is 0.230 e. The fraction of sp³-hybridized carbons (Fsp3) is 0.923. The number of piperidine rings is 1. The highest BCUT2D eigenvalue weighted by molar-refractivity contribution is 5.84. The minimum Gasteiger partial charge on any atom is -0.380 e. The van der Waals surface area contributed by atoms with Gasteiger partial charge in [0.05, 0.1) is 12.0 Å². The number of nitrogens with one attached hydrogen (secondary N) is 3. The van der Waals surface area contributed by atoms with E-state index in [1.807, 2.05) is 0 Å². The van der Waals surface area contributed by atoms with Crippen LogP contribution in [0.3, 0.4) is 0 Å². The first-order chi connectivity index (χ1) is 8.81. The van der Waals surface area contributed by atoms with Crippen molar-refractivity contribution in [1.29, 1.82) is 0 Å². The molecule has 2 atom stereocenters. The van der Waals surface area contributed by atoms with Crippen molar-refractivity contribution >= 4 is 5.91 Å². The molecule has 3 saturated heterocycles. The second-order valence-electron chi connectivity index (χ2n) is 5.82. The van der Waals surface area contributed by atoms with Crippen LogP contribution < -0.4 is 16.0 Å². The molecule has 3 aliphatic rings. The maximum absolute atomic E-state index is 12.6. The van der Waals surface area contributed by atoms with Gasteiger partial charge >= 0.3 is 0 Å². The maximum atomic E-state index is 12.6. The third kappa shape index (κ3) is 2.15. The van der Waals surface area contributed by atoms with Gasteiger partial charge in [-0.2, -0.15) is 0 Å². The zero-order chi connectivity index (χ0) is 12.4. The van der Waals surface area contributed by atoms with Gasteiger partial charge in [0.25, 0.3) is 0 Å². The van der Waals surface area contributed by atoms with E-state index in [2.05, 4.69) is 16.0 Å². The van der Waals surface area contributed by atoms with Crippen molar-refractivity contribution in [2.75, 3.05) is 39.4 Å². The summed E-state index contributed by atoms with van der Waals surface area (Å²) in [7, 11) is 0. The molecule has 3 rings (SSSR count). The molecule has 3 fully saturated rings. The van der Waals surface area contributed by atoms with Crippen molar-refractivity contribution in [1.82, 2.24) is 16.0 Å². The average Bonchev–Trinajstić information content (AvgIpc) is 2.85. The summed E-state index contributed by atoms with van der Waals surface area (Å²) in [6, 6.07) is 0.344. The van der Waals surface area contributed by atoms with Crippen LogP contribution in [-0.2, 0) is 9.53 Å². The van der Waals surface area contributed by atoms with Crippen LogP contribution in [0.1, 0.15) is 19.3 Å². The lowest BCUT2D eigenvalue weighted by Crippen LogP contribution is -2.55. The van der Waals surface area contributed by atoms with Crippen molar-refractivity contribution < 1.29 is 9.53 Å². The number of hydrogen-bond acceptors (Lipinski definition) is 4. The standard InChI is InChI=1S/C13H23N3O2/c17-12(16-11-1-4-14-5-2-11)13-8-15-7-10(13)3-6-18-9-13/h10-11,14-15H,1-9H2,(H,16,17)/t10-,13+/m1/s1. The van der Waals surface area contributed by atoms with Gasteiger partial charge in [-0.15, -0.1) is 0 Å². The Morgan fingerprint density at radius 1 is 1.22 bits per heavy atom. The van der Waals surface area contributed by atoms with Gasteiger partial charge in [-0.25, -0.2) is 0 Å². The first kappa shape index (κ1) is 12.4. The Kier molecular flexibility index (Phi) is 3.54. The van der Waals surface area contributed by atoms with Crippen LogP contribution in [0.15, 0.2) is 0 Å². The van der Waals surface area contributed by atoms with E-state index in [0.717, 1.165) is 52.0 Å². The zero-order valence-electron chi connectivity index (χ0n) is 10.8. The molecular weight excluding hydrogens is 230 g/mol.